The van der Waals surface area contributed by atoms with Crippen molar-refractivity contribution in [1.82, 2.24) is 9.97 Å². The molecule has 0 saturated carbocycles. The van der Waals surface area contributed by atoms with Crippen LogP contribution in [-0.4, -0.2) is 21.7 Å². The van der Waals surface area contributed by atoms with Crippen LogP contribution in [-0.2, 0) is 6.42 Å². The van der Waals surface area contributed by atoms with Gasteiger partial charge in [-0.3, -0.25) is 0 Å². The normalized spacial score (nSPS) is 10.9. The van der Waals surface area contributed by atoms with E-state index in [4.69, 9.17) is 5.11 Å². The van der Waals surface area contributed by atoms with Crippen molar-refractivity contribution in [1.29, 1.82) is 0 Å². The zero-order chi connectivity index (χ0) is 13.3. The number of rotatable bonds is 3. The van der Waals surface area contributed by atoms with E-state index in [1.165, 1.54) is 22.3 Å². The molecule has 0 radical (unpaired) electrons. The summed E-state index contributed by atoms with van der Waals surface area (Å²) in [6.07, 6.45) is 0.574. The number of nitrogens with one attached hydrogen (secondary N) is 1. The first-order valence-electron chi connectivity index (χ1n) is 6.28. The van der Waals surface area contributed by atoms with Crippen LogP contribution in [0.1, 0.15) is 28.2 Å². The molecule has 2 N–H and O–H groups in total. The minimum absolute atomic E-state index is 0.123. The Hall–Kier alpha value is -1.61. The summed E-state index contributed by atoms with van der Waals surface area (Å²) in [4.78, 5) is 7.82. The molecule has 3 nitrogen and oxygen atoms in total. The Kier molecular flexibility index (Phi) is 3.53. The van der Waals surface area contributed by atoms with Crippen LogP contribution in [0.2, 0.25) is 0 Å². The SMILES string of the molecule is Cc1ccc(-c2nc(CCO)[nH]c2C)c(C)c1C. The number of aryl methyl sites for hydroxylation is 2. The third-order valence-corrected chi connectivity index (χ3v) is 3.60. The largest absolute Gasteiger partial charge is 0.396 e. The molecule has 18 heavy (non-hydrogen) atoms. The number of aliphatic hydroxyl groups excluding tert-OH is 1. The molecule has 0 spiro atoms. The highest BCUT2D eigenvalue weighted by Crippen LogP contribution is 2.28. The van der Waals surface area contributed by atoms with Gasteiger partial charge < -0.3 is 10.1 Å². The molecule has 0 fully saturated rings. The Balaban J connectivity index is 2.52. The topological polar surface area (TPSA) is 48.9 Å². The summed E-state index contributed by atoms with van der Waals surface area (Å²) in [7, 11) is 0. The van der Waals surface area contributed by atoms with E-state index in [1.807, 2.05) is 6.92 Å². The number of hydrogen-bond donors (Lipinski definition) is 2. The third kappa shape index (κ3) is 2.18. The van der Waals surface area contributed by atoms with Crippen LogP contribution in [0.25, 0.3) is 11.3 Å². The molecule has 96 valence electrons. The summed E-state index contributed by atoms with van der Waals surface area (Å²) >= 11 is 0. The fraction of sp³-hybridized carbons (Fsp3) is 0.400. The molecule has 0 amide bonds. The monoisotopic (exact) mass is 244 g/mol. The lowest BCUT2D eigenvalue weighted by molar-refractivity contribution is 0.297. The Morgan fingerprint density at radius 3 is 2.50 bits per heavy atom. The van der Waals surface area contributed by atoms with E-state index >= 15 is 0 Å². The molecule has 0 unspecified atom stereocenters. The van der Waals surface area contributed by atoms with Gasteiger partial charge in [-0.25, -0.2) is 4.98 Å². The van der Waals surface area contributed by atoms with Crippen molar-refractivity contribution in [2.45, 2.75) is 34.1 Å². The maximum absolute atomic E-state index is 8.97. The number of aromatic nitrogens is 2. The molecule has 3 heteroatoms. The van der Waals surface area contributed by atoms with Crippen molar-refractivity contribution in [3.8, 4) is 11.3 Å². The van der Waals surface area contributed by atoms with Crippen molar-refractivity contribution >= 4 is 0 Å². The van der Waals surface area contributed by atoms with Crippen LogP contribution in [0.4, 0.5) is 0 Å². The van der Waals surface area contributed by atoms with Gasteiger partial charge in [-0.1, -0.05) is 12.1 Å². The summed E-state index contributed by atoms with van der Waals surface area (Å²) in [5.41, 5.74) is 7.14. The highest BCUT2D eigenvalue weighted by molar-refractivity contribution is 5.68. The smallest absolute Gasteiger partial charge is 0.109 e. The van der Waals surface area contributed by atoms with Crippen molar-refractivity contribution in [3.05, 3.63) is 40.3 Å². The molecule has 1 heterocycles. The molecule has 0 aliphatic rings. The fourth-order valence-corrected chi connectivity index (χ4v) is 2.22. The van der Waals surface area contributed by atoms with Crippen LogP contribution in [0.5, 0.6) is 0 Å². The molecule has 0 saturated heterocycles. The minimum Gasteiger partial charge on any atom is -0.396 e. The molecule has 1 aromatic carbocycles. The van der Waals surface area contributed by atoms with E-state index in [-0.39, 0.29) is 6.61 Å². The van der Waals surface area contributed by atoms with Crippen LogP contribution >= 0.6 is 0 Å². The van der Waals surface area contributed by atoms with E-state index in [1.54, 1.807) is 0 Å². The molecule has 0 atom stereocenters. The summed E-state index contributed by atoms with van der Waals surface area (Å²) in [5, 5.41) is 8.97. The van der Waals surface area contributed by atoms with E-state index in [0.717, 1.165) is 17.2 Å². The molecule has 2 aromatic rings. The number of nitrogens with zero attached hydrogens (tertiary/aromatic N) is 1. The second-order valence-electron chi connectivity index (χ2n) is 4.81. The number of aliphatic hydroxyl groups is 1. The lowest BCUT2D eigenvalue weighted by Crippen LogP contribution is -1.94. The van der Waals surface area contributed by atoms with Gasteiger partial charge in [-0.2, -0.15) is 0 Å². The van der Waals surface area contributed by atoms with Crippen LogP contribution < -0.4 is 0 Å². The van der Waals surface area contributed by atoms with E-state index in [9.17, 15) is 0 Å². The molecule has 0 aliphatic carbocycles. The van der Waals surface area contributed by atoms with Crippen molar-refractivity contribution in [2.24, 2.45) is 0 Å². The Bertz CT molecular complexity index is 570. The van der Waals surface area contributed by atoms with Gasteiger partial charge in [0.05, 0.1) is 12.3 Å². The Labute approximate surface area is 108 Å². The van der Waals surface area contributed by atoms with Crippen LogP contribution in [0, 0.1) is 27.7 Å². The third-order valence-electron chi connectivity index (χ3n) is 3.60. The summed E-state index contributed by atoms with van der Waals surface area (Å²) < 4.78 is 0. The van der Waals surface area contributed by atoms with Gasteiger partial charge in [0.2, 0.25) is 0 Å². The molecular formula is C15H20N2O. The van der Waals surface area contributed by atoms with Gasteiger partial charge in [0, 0.05) is 17.7 Å². The first-order chi connectivity index (χ1) is 8.54. The standard InChI is InChI=1S/C15H20N2O/c1-9-5-6-13(11(3)10(9)2)15-12(4)16-14(17-15)7-8-18/h5-6,18H,7-8H2,1-4H3,(H,16,17). The van der Waals surface area contributed by atoms with Crippen LogP contribution in [0.15, 0.2) is 12.1 Å². The summed E-state index contributed by atoms with van der Waals surface area (Å²) in [5.74, 6) is 0.850. The number of benzene rings is 1. The quantitative estimate of drug-likeness (QED) is 0.872. The highest BCUT2D eigenvalue weighted by atomic mass is 16.3. The van der Waals surface area contributed by atoms with Gasteiger partial charge in [-0.05, 0) is 44.4 Å². The first kappa shape index (κ1) is 12.8. The fourth-order valence-electron chi connectivity index (χ4n) is 2.22. The average molecular weight is 244 g/mol. The summed E-state index contributed by atoms with van der Waals surface area (Å²) in [6, 6.07) is 4.26. The minimum atomic E-state index is 0.123. The lowest BCUT2D eigenvalue weighted by Gasteiger charge is -2.10. The van der Waals surface area contributed by atoms with Crippen molar-refractivity contribution < 1.29 is 5.11 Å². The van der Waals surface area contributed by atoms with Gasteiger partial charge in [-0.15, -0.1) is 0 Å². The maximum atomic E-state index is 8.97. The Morgan fingerprint density at radius 1 is 1.11 bits per heavy atom. The van der Waals surface area contributed by atoms with Crippen molar-refractivity contribution in [2.75, 3.05) is 6.61 Å². The molecule has 0 aliphatic heterocycles. The van der Waals surface area contributed by atoms with Gasteiger partial charge in [0.25, 0.3) is 0 Å². The zero-order valence-electron chi connectivity index (χ0n) is 11.5. The van der Waals surface area contributed by atoms with E-state index in [0.29, 0.717) is 6.42 Å². The number of aromatic amines is 1. The number of imidazole rings is 1. The molecule has 0 bridgehead atoms. The summed E-state index contributed by atoms with van der Waals surface area (Å²) in [6.45, 7) is 8.55. The molecular weight excluding hydrogens is 224 g/mol. The van der Waals surface area contributed by atoms with Gasteiger partial charge in [0.1, 0.15) is 5.82 Å². The highest BCUT2D eigenvalue weighted by Gasteiger charge is 2.12. The zero-order valence-corrected chi connectivity index (χ0v) is 11.5. The Morgan fingerprint density at radius 2 is 1.83 bits per heavy atom. The van der Waals surface area contributed by atoms with Crippen molar-refractivity contribution in [3.63, 3.8) is 0 Å². The predicted octanol–water partition coefficient (Wildman–Crippen LogP) is 2.85. The second kappa shape index (κ2) is 4.94. The molecule has 1 aromatic heterocycles. The van der Waals surface area contributed by atoms with E-state index < -0.39 is 0 Å². The van der Waals surface area contributed by atoms with Gasteiger partial charge >= 0.3 is 0 Å². The molecule has 2 rings (SSSR count). The lowest BCUT2D eigenvalue weighted by atomic mass is 9.96. The number of H-pyrrole nitrogens is 1. The van der Waals surface area contributed by atoms with E-state index in [2.05, 4.69) is 42.9 Å². The number of hydrogen-bond acceptors (Lipinski definition) is 2. The predicted molar refractivity (Wildman–Crippen MR) is 73.8 cm³/mol. The second-order valence-corrected chi connectivity index (χ2v) is 4.81. The average Bonchev–Trinajstić information content (AvgIpc) is 2.68. The maximum Gasteiger partial charge on any atom is 0.109 e. The van der Waals surface area contributed by atoms with Crippen LogP contribution in [0.3, 0.4) is 0 Å². The first-order valence-corrected chi connectivity index (χ1v) is 6.28. The van der Waals surface area contributed by atoms with Gasteiger partial charge in [0.15, 0.2) is 0 Å².